The fraction of sp³-hybridized carbons (Fsp3) is 0.240. The maximum Gasteiger partial charge on any atom is 0.330 e. The lowest BCUT2D eigenvalue weighted by Gasteiger charge is -2.27. The number of ether oxygens (including phenoxy) is 1. The maximum atomic E-state index is 13.0. The number of nitrogens with two attached hydrogens (primary N) is 1. The number of hydrogen-bond acceptors (Lipinski definition) is 6. The second-order valence-corrected chi connectivity index (χ2v) is 8.35. The van der Waals surface area contributed by atoms with Gasteiger partial charge in [-0.05, 0) is 35.7 Å². The number of halogens is 1. The van der Waals surface area contributed by atoms with E-state index in [0.717, 1.165) is 22.0 Å². The van der Waals surface area contributed by atoms with Gasteiger partial charge in [0.1, 0.15) is 11.5 Å². The van der Waals surface area contributed by atoms with Gasteiger partial charge in [0.25, 0.3) is 5.56 Å². The molecule has 3 N–H and O–H groups in total. The normalized spacial score (nSPS) is 11.1. The van der Waals surface area contributed by atoms with Gasteiger partial charge in [0.15, 0.2) is 0 Å². The number of nitrogens with one attached hydrogen (secondary N) is 1. The highest BCUT2D eigenvalue weighted by Gasteiger charge is 2.20. The summed E-state index contributed by atoms with van der Waals surface area (Å²) in [7, 11) is 1.63. The van der Waals surface area contributed by atoms with E-state index in [2.05, 4.69) is 9.97 Å². The first-order valence-corrected chi connectivity index (χ1v) is 11.3. The van der Waals surface area contributed by atoms with Crippen molar-refractivity contribution in [2.45, 2.75) is 19.5 Å². The number of rotatable bonds is 9. The molecule has 0 spiro atoms. The Balaban J connectivity index is 1.79. The standard InChI is InChI=1S/C25H26ClN5O3/c1-34-14-6-13-30(16-18-10-11-20(26)19-9-5-12-28-21(18)19)22-23(27)31(25(33)29-24(22)32)15-17-7-3-2-4-8-17/h2-5,7-12H,6,13-16,27H2,1H3,(H,29,32,33). The number of nitrogens with zero attached hydrogens (tertiary/aromatic N) is 3. The van der Waals surface area contributed by atoms with Crippen molar-refractivity contribution in [1.82, 2.24) is 14.5 Å². The number of nitrogen functional groups attached to an aromatic ring is 1. The highest BCUT2D eigenvalue weighted by Crippen LogP contribution is 2.27. The van der Waals surface area contributed by atoms with Crippen LogP contribution in [0, 0.1) is 0 Å². The van der Waals surface area contributed by atoms with Crippen molar-refractivity contribution in [3.63, 3.8) is 0 Å². The number of aromatic amines is 1. The van der Waals surface area contributed by atoms with E-state index in [0.29, 0.717) is 31.1 Å². The molecule has 0 aliphatic carbocycles. The zero-order valence-corrected chi connectivity index (χ0v) is 19.6. The summed E-state index contributed by atoms with van der Waals surface area (Å²) in [6.45, 7) is 1.59. The molecule has 4 aromatic rings. The molecule has 8 nitrogen and oxygen atoms in total. The van der Waals surface area contributed by atoms with Crippen LogP contribution in [0.4, 0.5) is 11.5 Å². The number of H-pyrrole nitrogens is 1. The largest absolute Gasteiger partial charge is 0.385 e. The number of fused-ring (bicyclic) bond motifs is 1. The molecule has 0 aliphatic rings. The Bertz CT molecular complexity index is 1400. The molecule has 0 atom stereocenters. The van der Waals surface area contributed by atoms with Gasteiger partial charge >= 0.3 is 5.69 Å². The molecule has 9 heteroatoms. The molecule has 0 amide bonds. The van der Waals surface area contributed by atoms with Crippen LogP contribution in [0.3, 0.4) is 0 Å². The summed E-state index contributed by atoms with van der Waals surface area (Å²) in [6, 6.07) is 16.9. The Morgan fingerprint density at radius 3 is 2.68 bits per heavy atom. The lowest BCUT2D eigenvalue weighted by atomic mass is 10.1. The number of hydrogen-bond donors (Lipinski definition) is 2. The van der Waals surface area contributed by atoms with E-state index in [1.807, 2.05) is 59.5 Å². The van der Waals surface area contributed by atoms with Crippen LogP contribution in [0.15, 0.2) is 70.4 Å². The lowest BCUT2D eigenvalue weighted by molar-refractivity contribution is 0.196. The Kier molecular flexibility index (Phi) is 7.30. The van der Waals surface area contributed by atoms with E-state index in [9.17, 15) is 9.59 Å². The predicted molar refractivity (Wildman–Crippen MR) is 136 cm³/mol. The fourth-order valence-corrected chi connectivity index (χ4v) is 4.22. The third-order valence-electron chi connectivity index (χ3n) is 5.65. The van der Waals surface area contributed by atoms with E-state index < -0.39 is 11.2 Å². The second-order valence-electron chi connectivity index (χ2n) is 7.94. The minimum Gasteiger partial charge on any atom is -0.385 e. The third kappa shape index (κ3) is 4.98. The molecule has 0 saturated heterocycles. The molecular formula is C25H26ClN5O3. The van der Waals surface area contributed by atoms with Gasteiger partial charge in [-0.2, -0.15) is 0 Å². The predicted octanol–water partition coefficient (Wildman–Crippen LogP) is 3.41. The summed E-state index contributed by atoms with van der Waals surface area (Å²) in [4.78, 5) is 34.4. The smallest absolute Gasteiger partial charge is 0.330 e. The topological polar surface area (TPSA) is 106 Å². The summed E-state index contributed by atoms with van der Waals surface area (Å²) in [6.07, 6.45) is 2.37. The van der Waals surface area contributed by atoms with Crippen LogP contribution in [0.25, 0.3) is 10.9 Å². The molecule has 34 heavy (non-hydrogen) atoms. The van der Waals surface area contributed by atoms with Gasteiger partial charge in [0.2, 0.25) is 0 Å². The molecular weight excluding hydrogens is 454 g/mol. The van der Waals surface area contributed by atoms with Crippen LogP contribution in [0.2, 0.25) is 5.02 Å². The van der Waals surface area contributed by atoms with E-state index in [-0.39, 0.29) is 18.1 Å². The monoisotopic (exact) mass is 479 g/mol. The van der Waals surface area contributed by atoms with Crippen LogP contribution in [0.1, 0.15) is 17.5 Å². The average Bonchev–Trinajstić information content (AvgIpc) is 2.84. The molecule has 4 rings (SSSR count). The van der Waals surface area contributed by atoms with Gasteiger partial charge in [-0.1, -0.05) is 48.0 Å². The van der Waals surface area contributed by atoms with Crippen molar-refractivity contribution in [1.29, 1.82) is 0 Å². The number of pyridine rings is 1. The summed E-state index contributed by atoms with van der Waals surface area (Å²) >= 11 is 6.37. The van der Waals surface area contributed by atoms with Crippen molar-refractivity contribution >= 4 is 34.0 Å². The third-order valence-corrected chi connectivity index (χ3v) is 5.98. The molecule has 0 saturated carbocycles. The number of anilines is 2. The highest BCUT2D eigenvalue weighted by atomic mass is 35.5. The fourth-order valence-electron chi connectivity index (χ4n) is 4.01. The summed E-state index contributed by atoms with van der Waals surface area (Å²) in [5.74, 6) is 0.112. The molecule has 0 radical (unpaired) electrons. The molecule has 0 bridgehead atoms. The quantitative estimate of drug-likeness (QED) is 0.356. The SMILES string of the molecule is COCCCN(Cc1ccc(Cl)c2cccnc12)c1c(N)n(Cc2ccccc2)c(=O)[nH]c1=O. The summed E-state index contributed by atoms with van der Waals surface area (Å²) in [5, 5.41) is 1.43. The average molecular weight is 480 g/mol. The van der Waals surface area contributed by atoms with Gasteiger partial charge < -0.3 is 15.4 Å². The van der Waals surface area contributed by atoms with E-state index >= 15 is 0 Å². The molecule has 2 aromatic heterocycles. The van der Waals surface area contributed by atoms with Crippen molar-refractivity contribution in [2.75, 3.05) is 30.9 Å². The molecule has 176 valence electrons. The molecule has 0 unspecified atom stereocenters. The zero-order valence-electron chi connectivity index (χ0n) is 18.8. The summed E-state index contributed by atoms with van der Waals surface area (Å²) < 4.78 is 6.60. The Labute approximate surface area is 201 Å². The molecule has 0 aliphatic heterocycles. The van der Waals surface area contributed by atoms with Crippen molar-refractivity contribution in [2.24, 2.45) is 0 Å². The van der Waals surface area contributed by atoms with Crippen LogP contribution in [-0.2, 0) is 17.8 Å². The van der Waals surface area contributed by atoms with E-state index in [1.165, 1.54) is 4.57 Å². The van der Waals surface area contributed by atoms with Crippen LogP contribution >= 0.6 is 11.6 Å². The van der Waals surface area contributed by atoms with Crippen molar-refractivity contribution < 1.29 is 4.74 Å². The van der Waals surface area contributed by atoms with Crippen LogP contribution in [0.5, 0.6) is 0 Å². The van der Waals surface area contributed by atoms with Gasteiger partial charge in [-0.3, -0.25) is 19.3 Å². The lowest BCUT2D eigenvalue weighted by Crippen LogP contribution is -2.39. The van der Waals surface area contributed by atoms with Gasteiger partial charge in [0, 0.05) is 43.4 Å². The molecule has 0 fully saturated rings. The number of aromatic nitrogens is 3. The first kappa shape index (κ1) is 23.5. The number of benzene rings is 2. The summed E-state index contributed by atoms with van der Waals surface area (Å²) in [5.41, 5.74) is 8.15. The Hall–Kier alpha value is -3.62. The minimum atomic E-state index is -0.550. The first-order chi connectivity index (χ1) is 16.5. The minimum absolute atomic E-state index is 0.112. The van der Waals surface area contributed by atoms with Gasteiger partial charge in [0.05, 0.1) is 12.1 Å². The first-order valence-electron chi connectivity index (χ1n) is 10.9. The van der Waals surface area contributed by atoms with Gasteiger partial charge in [-0.25, -0.2) is 4.79 Å². The van der Waals surface area contributed by atoms with Crippen molar-refractivity contribution in [3.05, 3.63) is 97.8 Å². The Morgan fingerprint density at radius 2 is 1.91 bits per heavy atom. The zero-order chi connectivity index (χ0) is 24.1. The van der Waals surface area contributed by atoms with Gasteiger partial charge in [-0.15, -0.1) is 0 Å². The van der Waals surface area contributed by atoms with Crippen molar-refractivity contribution in [3.8, 4) is 0 Å². The maximum absolute atomic E-state index is 13.0. The molecule has 2 heterocycles. The van der Waals surface area contributed by atoms with E-state index in [4.69, 9.17) is 22.1 Å². The number of methoxy groups -OCH3 is 1. The Morgan fingerprint density at radius 1 is 1.12 bits per heavy atom. The molecule has 2 aromatic carbocycles. The van der Waals surface area contributed by atoms with Crippen LogP contribution < -0.4 is 21.9 Å². The van der Waals surface area contributed by atoms with Crippen LogP contribution in [-0.4, -0.2) is 34.8 Å². The highest BCUT2D eigenvalue weighted by molar-refractivity contribution is 6.35. The second kappa shape index (κ2) is 10.5. The van der Waals surface area contributed by atoms with E-state index in [1.54, 1.807) is 13.3 Å².